The summed E-state index contributed by atoms with van der Waals surface area (Å²) in [5, 5.41) is 0.158. The Morgan fingerprint density at radius 3 is 1.91 bits per heavy atom. The highest BCUT2D eigenvalue weighted by Gasteiger charge is 2.31. The van der Waals surface area contributed by atoms with Gasteiger partial charge in [0.05, 0.1) is 0 Å². The molecule has 0 aliphatic heterocycles. The zero-order chi connectivity index (χ0) is 17.3. The zero-order valence-corrected chi connectivity index (χ0v) is 16.2. The molecule has 0 amide bonds. The van der Waals surface area contributed by atoms with Crippen LogP contribution in [0.25, 0.3) is 0 Å². The van der Waals surface area contributed by atoms with Crippen LogP contribution in [0.5, 0.6) is 0 Å². The summed E-state index contributed by atoms with van der Waals surface area (Å²) in [6.45, 7) is 18.6. The third kappa shape index (κ3) is 8.22. The van der Waals surface area contributed by atoms with Gasteiger partial charge >= 0.3 is 0 Å². The van der Waals surface area contributed by atoms with Crippen molar-refractivity contribution in [3.05, 3.63) is 24.3 Å². The smallest absolute Gasteiger partial charge is 0.130 e. The Bertz CT molecular complexity index is 372. The molecule has 0 aromatic carbocycles. The molecule has 4 unspecified atom stereocenters. The Kier molecular flexibility index (Phi) is 10.8. The van der Waals surface area contributed by atoms with Crippen molar-refractivity contribution in [2.45, 2.75) is 78.4 Å². The Labute approximate surface area is 144 Å². The van der Waals surface area contributed by atoms with Gasteiger partial charge in [0.25, 0.3) is 0 Å². The van der Waals surface area contributed by atoms with E-state index in [2.05, 4.69) is 40.9 Å². The van der Waals surface area contributed by atoms with Gasteiger partial charge in [-0.15, -0.1) is 13.2 Å². The van der Waals surface area contributed by atoms with Crippen molar-refractivity contribution < 1.29 is 4.79 Å². The lowest BCUT2D eigenvalue weighted by Crippen LogP contribution is -2.31. The van der Waals surface area contributed by atoms with Crippen LogP contribution in [0.2, 0.25) is 0 Å². The summed E-state index contributed by atoms with van der Waals surface area (Å²) in [6.07, 6.45) is 6.13. The monoisotopic (exact) mass is 324 g/mol. The van der Waals surface area contributed by atoms with Crippen LogP contribution < -0.4 is 0 Å². The molecule has 0 spiro atoms. The van der Waals surface area contributed by atoms with Crippen LogP contribution in [0.1, 0.15) is 73.1 Å². The average molecular weight is 325 g/mol. The second kappa shape index (κ2) is 11.1. The minimum absolute atomic E-state index is 0.158. The van der Waals surface area contributed by atoms with Crippen molar-refractivity contribution in [3.8, 4) is 0 Å². The summed E-state index contributed by atoms with van der Waals surface area (Å²) >= 11 is 4.78. The van der Waals surface area contributed by atoms with Crippen LogP contribution in [-0.4, -0.2) is 11.0 Å². The zero-order valence-electron chi connectivity index (χ0n) is 15.3. The van der Waals surface area contributed by atoms with Crippen molar-refractivity contribution in [1.29, 1.82) is 0 Å². The SMILES string of the molecule is C=C(C)CCC(CC)C(CC(=C)C)C(CC)C(S)CC(C)=O. The van der Waals surface area contributed by atoms with E-state index in [-0.39, 0.29) is 11.0 Å². The number of ketones is 1. The fraction of sp³-hybridized carbons (Fsp3) is 0.750. The van der Waals surface area contributed by atoms with Crippen molar-refractivity contribution in [1.82, 2.24) is 0 Å². The van der Waals surface area contributed by atoms with Gasteiger partial charge < -0.3 is 0 Å². The van der Waals surface area contributed by atoms with E-state index in [0.29, 0.717) is 24.2 Å². The van der Waals surface area contributed by atoms with E-state index in [9.17, 15) is 4.79 Å². The van der Waals surface area contributed by atoms with E-state index in [1.165, 1.54) is 24.0 Å². The van der Waals surface area contributed by atoms with E-state index in [1.54, 1.807) is 6.92 Å². The van der Waals surface area contributed by atoms with Gasteiger partial charge in [-0.2, -0.15) is 12.6 Å². The highest BCUT2D eigenvalue weighted by molar-refractivity contribution is 7.81. The van der Waals surface area contributed by atoms with E-state index < -0.39 is 0 Å². The predicted octanol–water partition coefficient (Wildman–Crippen LogP) is 6.26. The van der Waals surface area contributed by atoms with Crippen LogP contribution in [0.4, 0.5) is 0 Å². The number of carbonyl (C=O) groups is 1. The average Bonchev–Trinajstić information content (AvgIpc) is 2.38. The third-order valence-electron chi connectivity index (χ3n) is 4.67. The molecule has 128 valence electrons. The lowest BCUT2D eigenvalue weighted by atomic mass is 9.71. The van der Waals surface area contributed by atoms with Crippen LogP contribution in [-0.2, 0) is 4.79 Å². The molecule has 0 heterocycles. The highest BCUT2D eigenvalue weighted by Crippen LogP contribution is 2.39. The topological polar surface area (TPSA) is 17.1 Å². The summed E-state index contributed by atoms with van der Waals surface area (Å²) in [5.74, 6) is 1.93. The van der Waals surface area contributed by atoms with Gasteiger partial charge in [-0.05, 0) is 57.8 Å². The number of rotatable bonds is 12. The van der Waals surface area contributed by atoms with E-state index >= 15 is 0 Å². The number of Topliss-reactive ketones (excluding diaryl/α,β-unsaturated/α-hetero) is 1. The van der Waals surface area contributed by atoms with Crippen LogP contribution in [0, 0.1) is 17.8 Å². The molecule has 0 rings (SSSR count). The summed E-state index contributed by atoms with van der Waals surface area (Å²) in [5.41, 5.74) is 2.49. The fourth-order valence-electron chi connectivity index (χ4n) is 3.53. The second-order valence-electron chi connectivity index (χ2n) is 7.03. The highest BCUT2D eigenvalue weighted by atomic mass is 32.1. The first-order chi connectivity index (χ1) is 10.2. The lowest BCUT2D eigenvalue weighted by molar-refractivity contribution is -0.117. The van der Waals surface area contributed by atoms with Crippen LogP contribution in [0.3, 0.4) is 0 Å². The van der Waals surface area contributed by atoms with Gasteiger partial charge in [0, 0.05) is 11.7 Å². The van der Waals surface area contributed by atoms with Crippen LogP contribution >= 0.6 is 12.6 Å². The number of hydrogen-bond acceptors (Lipinski definition) is 2. The van der Waals surface area contributed by atoms with E-state index in [1.807, 2.05) is 0 Å². The van der Waals surface area contributed by atoms with Crippen molar-refractivity contribution in [2.24, 2.45) is 17.8 Å². The Morgan fingerprint density at radius 1 is 0.955 bits per heavy atom. The molecule has 0 saturated heterocycles. The van der Waals surface area contributed by atoms with Gasteiger partial charge in [-0.1, -0.05) is 37.8 Å². The van der Waals surface area contributed by atoms with Gasteiger partial charge in [0.2, 0.25) is 0 Å². The minimum atomic E-state index is 0.158. The first kappa shape index (κ1) is 21.5. The number of thiol groups is 1. The molecule has 0 aliphatic carbocycles. The molecule has 2 heteroatoms. The largest absolute Gasteiger partial charge is 0.300 e. The molecule has 0 aromatic heterocycles. The summed E-state index contributed by atoms with van der Waals surface area (Å²) < 4.78 is 0. The fourth-order valence-corrected chi connectivity index (χ4v) is 4.22. The molecule has 22 heavy (non-hydrogen) atoms. The number of allylic oxidation sites excluding steroid dienone is 2. The number of carbonyl (C=O) groups excluding carboxylic acids is 1. The molecule has 0 fully saturated rings. The van der Waals surface area contributed by atoms with Crippen molar-refractivity contribution in [3.63, 3.8) is 0 Å². The summed E-state index contributed by atoms with van der Waals surface area (Å²) in [6, 6.07) is 0. The van der Waals surface area contributed by atoms with E-state index in [0.717, 1.165) is 19.3 Å². The summed E-state index contributed by atoms with van der Waals surface area (Å²) in [7, 11) is 0. The second-order valence-corrected chi connectivity index (χ2v) is 7.70. The quantitative estimate of drug-likeness (QED) is 0.331. The molecule has 1 nitrogen and oxygen atoms in total. The van der Waals surface area contributed by atoms with Crippen molar-refractivity contribution >= 4 is 18.4 Å². The molecule has 0 N–H and O–H groups in total. The number of hydrogen-bond donors (Lipinski definition) is 1. The Hall–Kier alpha value is -0.500. The molecule has 4 atom stereocenters. The maximum Gasteiger partial charge on any atom is 0.130 e. The normalized spacial score (nSPS) is 16.6. The van der Waals surface area contributed by atoms with Gasteiger partial charge in [0.15, 0.2) is 0 Å². The van der Waals surface area contributed by atoms with Gasteiger partial charge in [-0.25, -0.2) is 0 Å². The van der Waals surface area contributed by atoms with Crippen LogP contribution in [0.15, 0.2) is 24.3 Å². The molecule has 0 radical (unpaired) electrons. The molecule has 0 aliphatic rings. The molecule has 0 bridgehead atoms. The van der Waals surface area contributed by atoms with E-state index in [4.69, 9.17) is 12.6 Å². The molecule has 0 aromatic rings. The molecular weight excluding hydrogens is 288 g/mol. The van der Waals surface area contributed by atoms with Gasteiger partial charge in [0.1, 0.15) is 5.78 Å². The maximum atomic E-state index is 11.5. The first-order valence-electron chi connectivity index (χ1n) is 8.69. The Balaban J connectivity index is 5.20. The third-order valence-corrected chi connectivity index (χ3v) is 5.23. The molecular formula is C20H36OS. The minimum Gasteiger partial charge on any atom is -0.300 e. The predicted molar refractivity (Wildman–Crippen MR) is 103 cm³/mol. The lowest BCUT2D eigenvalue weighted by Gasteiger charge is -2.36. The van der Waals surface area contributed by atoms with Gasteiger partial charge in [-0.3, -0.25) is 4.79 Å². The standard InChI is InChI=1S/C20H36OS/c1-8-17(11-10-14(3)4)19(12-15(5)6)18(9-2)20(22)13-16(7)21/h17-20,22H,3,5,8-13H2,1-2,4,6-7H3. The maximum absolute atomic E-state index is 11.5. The Morgan fingerprint density at radius 2 is 1.55 bits per heavy atom. The van der Waals surface area contributed by atoms with Crippen molar-refractivity contribution in [2.75, 3.05) is 0 Å². The molecule has 0 saturated carbocycles. The first-order valence-corrected chi connectivity index (χ1v) is 9.20. The summed E-state index contributed by atoms with van der Waals surface area (Å²) in [4.78, 5) is 11.5.